The minimum absolute atomic E-state index is 0.0719. The molecule has 1 fully saturated rings. The Morgan fingerprint density at radius 2 is 2.20 bits per heavy atom. The zero-order chi connectivity index (χ0) is 11.5. The quantitative estimate of drug-likeness (QED) is 0.662. The second-order valence-corrected chi connectivity index (χ2v) is 4.78. The topological polar surface area (TPSA) is 59.0 Å². The van der Waals surface area contributed by atoms with Gasteiger partial charge in [0.05, 0.1) is 6.04 Å². The Labute approximate surface area is 89.7 Å². The SMILES string of the molecule is CC(C)(C)OC(=O)N1CCCC1CN=O. The van der Waals surface area contributed by atoms with Crippen molar-refractivity contribution < 1.29 is 9.53 Å². The fourth-order valence-electron chi connectivity index (χ4n) is 1.67. The summed E-state index contributed by atoms with van der Waals surface area (Å²) in [7, 11) is 0. The second-order valence-electron chi connectivity index (χ2n) is 4.78. The summed E-state index contributed by atoms with van der Waals surface area (Å²) in [6.45, 7) is 6.31. The Morgan fingerprint density at radius 1 is 1.53 bits per heavy atom. The van der Waals surface area contributed by atoms with E-state index in [2.05, 4.69) is 5.18 Å². The van der Waals surface area contributed by atoms with Crippen LogP contribution in [0.4, 0.5) is 4.79 Å². The summed E-state index contributed by atoms with van der Waals surface area (Å²) in [6.07, 6.45) is 1.42. The monoisotopic (exact) mass is 214 g/mol. The van der Waals surface area contributed by atoms with Crippen molar-refractivity contribution in [1.82, 2.24) is 4.90 Å². The van der Waals surface area contributed by atoms with E-state index in [0.717, 1.165) is 12.8 Å². The first-order chi connectivity index (χ1) is 6.94. The lowest BCUT2D eigenvalue weighted by Gasteiger charge is -2.27. The molecule has 0 aromatic rings. The maximum Gasteiger partial charge on any atom is 0.410 e. The minimum Gasteiger partial charge on any atom is -0.444 e. The van der Waals surface area contributed by atoms with Crippen LogP contribution in [0.15, 0.2) is 5.18 Å². The zero-order valence-corrected chi connectivity index (χ0v) is 9.52. The molecule has 0 bridgehead atoms. The number of ether oxygens (including phenoxy) is 1. The fourth-order valence-corrected chi connectivity index (χ4v) is 1.67. The molecule has 1 aliphatic rings. The molecule has 1 unspecified atom stereocenters. The van der Waals surface area contributed by atoms with Gasteiger partial charge in [-0.3, -0.25) is 0 Å². The largest absolute Gasteiger partial charge is 0.444 e. The van der Waals surface area contributed by atoms with Gasteiger partial charge in [-0.15, -0.1) is 0 Å². The van der Waals surface area contributed by atoms with Crippen molar-refractivity contribution in [2.75, 3.05) is 13.1 Å². The normalized spacial score (nSPS) is 21.5. The van der Waals surface area contributed by atoms with E-state index in [4.69, 9.17) is 4.74 Å². The van der Waals surface area contributed by atoms with Crippen LogP contribution in [0, 0.1) is 4.91 Å². The lowest BCUT2D eigenvalue weighted by molar-refractivity contribution is 0.0232. The Bertz CT molecular complexity index is 248. The molecule has 0 aromatic carbocycles. The number of likely N-dealkylation sites (tertiary alicyclic amines) is 1. The number of carbonyl (C=O) groups is 1. The van der Waals surface area contributed by atoms with Gasteiger partial charge in [0, 0.05) is 6.54 Å². The minimum atomic E-state index is -0.487. The predicted molar refractivity (Wildman–Crippen MR) is 56.6 cm³/mol. The average molecular weight is 214 g/mol. The summed E-state index contributed by atoms with van der Waals surface area (Å²) in [5, 5.41) is 2.85. The summed E-state index contributed by atoms with van der Waals surface area (Å²) in [5.41, 5.74) is -0.487. The third-order valence-corrected chi connectivity index (χ3v) is 2.29. The number of amides is 1. The summed E-state index contributed by atoms with van der Waals surface area (Å²) < 4.78 is 5.24. The lowest BCUT2D eigenvalue weighted by Crippen LogP contribution is -2.40. The predicted octanol–water partition coefficient (Wildman–Crippen LogP) is 2.15. The molecule has 5 heteroatoms. The van der Waals surface area contributed by atoms with E-state index in [-0.39, 0.29) is 18.7 Å². The number of nitrogens with zero attached hydrogens (tertiary/aromatic N) is 2. The van der Waals surface area contributed by atoms with Crippen molar-refractivity contribution in [3.05, 3.63) is 4.91 Å². The van der Waals surface area contributed by atoms with Crippen LogP contribution in [0.2, 0.25) is 0 Å². The first-order valence-corrected chi connectivity index (χ1v) is 5.23. The smallest absolute Gasteiger partial charge is 0.410 e. The molecule has 1 amide bonds. The van der Waals surface area contributed by atoms with Gasteiger partial charge in [-0.05, 0) is 33.6 Å². The van der Waals surface area contributed by atoms with Gasteiger partial charge in [0.2, 0.25) is 0 Å². The summed E-state index contributed by atoms with van der Waals surface area (Å²) in [5.74, 6) is 0. The van der Waals surface area contributed by atoms with Crippen molar-refractivity contribution >= 4 is 6.09 Å². The Kier molecular flexibility index (Phi) is 3.66. The molecule has 0 radical (unpaired) electrons. The van der Waals surface area contributed by atoms with Crippen LogP contribution in [0.5, 0.6) is 0 Å². The van der Waals surface area contributed by atoms with E-state index in [1.54, 1.807) is 4.90 Å². The van der Waals surface area contributed by atoms with Gasteiger partial charge >= 0.3 is 6.09 Å². The Morgan fingerprint density at radius 3 is 2.73 bits per heavy atom. The number of hydrogen-bond acceptors (Lipinski definition) is 4. The van der Waals surface area contributed by atoms with E-state index in [9.17, 15) is 9.70 Å². The Balaban J connectivity index is 2.54. The molecule has 5 nitrogen and oxygen atoms in total. The second kappa shape index (κ2) is 4.59. The van der Waals surface area contributed by atoms with Gasteiger partial charge < -0.3 is 9.64 Å². The highest BCUT2D eigenvalue weighted by atomic mass is 16.6. The average Bonchev–Trinajstić information content (AvgIpc) is 2.49. The van der Waals surface area contributed by atoms with Crippen LogP contribution >= 0.6 is 0 Å². The number of carbonyl (C=O) groups excluding carboxylic acids is 1. The lowest BCUT2D eigenvalue weighted by atomic mass is 10.2. The van der Waals surface area contributed by atoms with Crippen molar-refractivity contribution in [3.63, 3.8) is 0 Å². The maximum absolute atomic E-state index is 11.7. The van der Waals surface area contributed by atoms with Crippen LogP contribution in [0.25, 0.3) is 0 Å². The molecule has 1 rings (SSSR count). The van der Waals surface area contributed by atoms with Gasteiger partial charge in [0.1, 0.15) is 12.1 Å². The third kappa shape index (κ3) is 3.49. The van der Waals surface area contributed by atoms with Gasteiger partial charge in [-0.25, -0.2) is 4.79 Å². The van der Waals surface area contributed by atoms with Crippen LogP contribution in [-0.4, -0.2) is 35.7 Å². The Hall–Kier alpha value is -1.13. The van der Waals surface area contributed by atoms with E-state index in [0.29, 0.717) is 6.54 Å². The molecular formula is C10H18N2O3. The van der Waals surface area contributed by atoms with E-state index >= 15 is 0 Å². The van der Waals surface area contributed by atoms with Crippen LogP contribution in [0.1, 0.15) is 33.6 Å². The standard InChI is InChI=1S/C10H18N2O3/c1-10(2,3)15-9(13)12-6-4-5-8(12)7-11-14/h8H,4-7H2,1-3H3. The van der Waals surface area contributed by atoms with Crippen LogP contribution < -0.4 is 0 Å². The van der Waals surface area contributed by atoms with E-state index < -0.39 is 5.60 Å². The number of hydrogen-bond donors (Lipinski definition) is 0. The molecule has 0 aromatic heterocycles. The van der Waals surface area contributed by atoms with Gasteiger partial charge in [-0.2, -0.15) is 4.91 Å². The molecule has 15 heavy (non-hydrogen) atoms. The van der Waals surface area contributed by atoms with Crippen molar-refractivity contribution in [2.24, 2.45) is 5.18 Å². The molecule has 0 saturated carbocycles. The first-order valence-electron chi connectivity index (χ1n) is 5.23. The van der Waals surface area contributed by atoms with Crippen LogP contribution in [0.3, 0.4) is 0 Å². The highest BCUT2D eigenvalue weighted by Crippen LogP contribution is 2.20. The highest BCUT2D eigenvalue weighted by molar-refractivity contribution is 5.69. The summed E-state index contributed by atoms with van der Waals surface area (Å²) >= 11 is 0. The molecular weight excluding hydrogens is 196 g/mol. The van der Waals surface area contributed by atoms with Crippen LogP contribution in [-0.2, 0) is 4.74 Å². The molecule has 0 spiro atoms. The number of rotatable bonds is 2. The summed E-state index contributed by atoms with van der Waals surface area (Å²) in [6, 6.07) is -0.0719. The number of nitroso groups, excluding NO2 is 1. The molecule has 86 valence electrons. The van der Waals surface area contributed by atoms with Gasteiger partial charge in [0.15, 0.2) is 0 Å². The molecule has 1 aliphatic heterocycles. The molecule has 1 atom stereocenters. The molecule has 0 N–H and O–H groups in total. The van der Waals surface area contributed by atoms with E-state index in [1.807, 2.05) is 20.8 Å². The zero-order valence-electron chi connectivity index (χ0n) is 9.52. The van der Waals surface area contributed by atoms with Gasteiger partial charge in [-0.1, -0.05) is 5.18 Å². The maximum atomic E-state index is 11.7. The summed E-state index contributed by atoms with van der Waals surface area (Å²) in [4.78, 5) is 23.5. The molecule has 1 saturated heterocycles. The molecule has 0 aliphatic carbocycles. The van der Waals surface area contributed by atoms with Crippen molar-refractivity contribution in [2.45, 2.75) is 45.3 Å². The third-order valence-electron chi connectivity index (χ3n) is 2.29. The van der Waals surface area contributed by atoms with Crippen molar-refractivity contribution in [1.29, 1.82) is 0 Å². The highest BCUT2D eigenvalue weighted by Gasteiger charge is 2.32. The molecule has 1 heterocycles. The van der Waals surface area contributed by atoms with Gasteiger partial charge in [0.25, 0.3) is 0 Å². The van der Waals surface area contributed by atoms with E-state index in [1.165, 1.54) is 0 Å². The fraction of sp³-hybridized carbons (Fsp3) is 0.900. The van der Waals surface area contributed by atoms with Crippen molar-refractivity contribution in [3.8, 4) is 0 Å². The first kappa shape index (κ1) is 11.9.